The molecule has 0 saturated heterocycles. The van der Waals surface area contributed by atoms with Crippen LogP contribution in [-0.4, -0.2) is 23.5 Å². The zero-order chi connectivity index (χ0) is 17.0. The highest BCUT2D eigenvalue weighted by molar-refractivity contribution is 7.92. The second-order valence-electron chi connectivity index (χ2n) is 4.59. The van der Waals surface area contributed by atoms with Crippen molar-refractivity contribution in [1.29, 1.82) is 0 Å². The van der Waals surface area contributed by atoms with Crippen molar-refractivity contribution in [2.24, 2.45) is 0 Å². The van der Waals surface area contributed by atoms with Crippen LogP contribution in [0, 0.1) is 0 Å². The molecule has 1 aromatic rings. The van der Waals surface area contributed by atoms with Crippen molar-refractivity contribution in [3.8, 4) is 0 Å². The Balaban J connectivity index is 3.11. The van der Waals surface area contributed by atoms with E-state index in [0.717, 1.165) is 6.42 Å². The average molecular weight is 407 g/mol. The zero-order valence-corrected chi connectivity index (χ0v) is 15.5. The molecule has 4 nitrogen and oxygen atoms in total. The lowest BCUT2D eigenvalue weighted by molar-refractivity contribution is -0.121. The Morgan fingerprint density at radius 1 is 1.23 bits per heavy atom. The van der Waals surface area contributed by atoms with Gasteiger partial charge in [0.1, 0.15) is 0 Å². The van der Waals surface area contributed by atoms with Crippen LogP contribution in [-0.2, 0) is 14.6 Å². The lowest BCUT2D eigenvalue weighted by Gasteiger charge is -2.25. The highest BCUT2D eigenvalue weighted by atomic mass is 35.6. The van der Waals surface area contributed by atoms with Crippen molar-refractivity contribution in [2.45, 2.75) is 40.2 Å². The van der Waals surface area contributed by atoms with Crippen LogP contribution in [0.3, 0.4) is 0 Å². The normalized spacial score (nSPS) is 13.7. The molecule has 9 heteroatoms. The molecule has 1 atom stereocenters. The van der Waals surface area contributed by atoms with Gasteiger partial charge in [0.25, 0.3) is 0 Å². The molecular weight excluding hydrogens is 392 g/mol. The van der Waals surface area contributed by atoms with Gasteiger partial charge in [0, 0.05) is 11.4 Å². The van der Waals surface area contributed by atoms with Gasteiger partial charge in [0.2, 0.25) is 19.5 Å². The first kappa shape index (κ1) is 19.8. The molecule has 1 amide bonds. The molecule has 0 aliphatic heterocycles. The van der Waals surface area contributed by atoms with Gasteiger partial charge in [0.05, 0.1) is 4.90 Å². The minimum atomic E-state index is -4.08. The lowest BCUT2D eigenvalue weighted by Crippen LogP contribution is -2.49. The molecule has 0 aromatic heterocycles. The molecule has 0 spiro atoms. The molecule has 0 unspecified atom stereocenters. The Morgan fingerprint density at radius 2 is 1.77 bits per heavy atom. The first-order valence-electron chi connectivity index (χ1n) is 6.44. The number of benzene rings is 1. The van der Waals surface area contributed by atoms with Gasteiger partial charge in [-0.3, -0.25) is 4.79 Å². The molecule has 22 heavy (non-hydrogen) atoms. The second kappa shape index (κ2) is 8.06. The third-order valence-electron chi connectivity index (χ3n) is 2.80. The minimum absolute atomic E-state index is 0.0935. The van der Waals surface area contributed by atoms with E-state index in [9.17, 15) is 13.2 Å². The van der Waals surface area contributed by atoms with Crippen LogP contribution in [0.25, 0.3) is 0 Å². The summed E-state index contributed by atoms with van der Waals surface area (Å²) in [5.74, 6) is -0.490. The molecule has 124 valence electrons. The molecule has 0 saturated carbocycles. The van der Waals surface area contributed by atoms with Crippen molar-refractivity contribution in [1.82, 2.24) is 5.32 Å². The SMILES string of the molecule is CCCCC(=O)N[C@@H](C(Cl)(Cl)Cl)S(=O)(=O)c1ccc(Cl)cc1. The Bertz CT molecular complexity index is 611. The van der Waals surface area contributed by atoms with Gasteiger partial charge in [0.15, 0.2) is 5.37 Å². The fourth-order valence-electron chi connectivity index (χ4n) is 1.65. The van der Waals surface area contributed by atoms with Gasteiger partial charge in [-0.15, -0.1) is 0 Å². The number of carbonyl (C=O) groups is 1. The largest absolute Gasteiger partial charge is 0.336 e. The van der Waals surface area contributed by atoms with Crippen molar-refractivity contribution in [3.05, 3.63) is 29.3 Å². The average Bonchev–Trinajstić information content (AvgIpc) is 2.41. The molecule has 0 fully saturated rings. The molecule has 1 rings (SSSR count). The standard InChI is InChI=1S/C13H15Cl4NO3S/c1-2-3-4-11(19)18-12(13(15,16)17)22(20,21)10-7-5-9(14)6-8-10/h5-8,12H,2-4H2,1H3,(H,18,19)/t12-/m1/s1. The van der Waals surface area contributed by atoms with Crippen molar-refractivity contribution >= 4 is 62.1 Å². The van der Waals surface area contributed by atoms with Gasteiger partial charge in [-0.05, 0) is 30.7 Å². The number of rotatable bonds is 6. The van der Waals surface area contributed by atoms with Crippen LogP contribution in [0.15, 0.2) is 29.2 Å². The third kappa shape index (κ3) is 5.46. The number of nitrogens with one attached hydrogen (secondary N) is 1. The Labute approximate surface area is 150 Å². The van der Waals surface area contributed by atoms with E-state index < -0.39 is 24.9 Å². The predicted octanol–water partition coefficient (Wildman–Crippen LogP) is 4.12. The van der Waals surface area contributed by atoms with Crippen LogP contribution >= 0.6 is 46.4 Å². The zero-order valence-electron chi connectivity index (χ0n) is 11.7. The van der Waals surface area contributed by atoms with Crippen molar-refractivity contribution in [3.63, 3.8) is 0 Å². The van der Waals surface area contributed by atoms with Crippen LogP contribution in [0.2, 0.25) is 5.02 Å². The fourth-order valence-corrected chi connectivity index (χ4v) is 4.42. The molecular formula is C13H15Cl4NO3S. The number of hydrogen-bond donors (Lipinski definition) is 1. The number of halogens is 4. The van der Waals surface area contributed by atoms with E-state index in [1.54, 1.807) is 0 Å². The number of unbranched alkanes of at least 4 members (excludes halogenated alkanes) is 1. The fraction of sp³-hybridized carbons (Fsp3) is 0.462. The molecule has 0 radical (unpaired) electrons. The van der Waals surface area contributed by atoms with Crippen molar-refractivity contribution < 1.29 is 13.2 Å². The van der Waals surface area contributed by atoms with Crippen molar-refractivity contribution in [2.75, 3.05) is 0 Å². The summed E-state index contributed by atoms with van der Waals surface area (Å²) in [7, 11) is -4.08. The monoisotopic (exact) mass is 405 g/mol. The van der Waals surface area contributed by atoms with Gasteiger partial charge in [-0.1, -0.05) is 59.7 Å². The highest BCUT2D eigenvalue weighted by Crippen LogP contribution is 2.36. The summed E-state index contributed by atoms with van der Waals surface area (Å²) in [5.41, 5.74) is 0. The number of carbonyl (C=O) groups excluding carboxylic acids is 1. The maximum atomic E-state index is 12.6. The molecule has 0 heterocycles. The van der Waals surface area contributed by atoms with Crippen LogP contribution in [0.5, 0.6) is 0 Å². The first-order valence-corrected chi connectivity index (χ1v) is 9.50. The molecule has 0 bridgehead atoms. The summed E-state index contributed by atoms with van der Waals surface area (Å²) in [6.07, 6.45) is 1.55. The van der Waals surface area contributed by atoms with Crippen LogP contribution < -0.4 is 5.32 Å². The topological polar surface area (TPSA) is 63.2 Å². The van der Waals surface area contributed by atoms with E-state index in [0.29, 0.717) is 11.4 Å². The van der Waals surface area contributed by atoms with E-state index >= 15 is 0 Å². The van der Waals surface area contributed by atoms with Gasteiger partial charge in [-0.2, -0.15) is 0 Å². The Kier molecular flexibility index (Phi) is 7.27. The van der Waals surface area contributed by atoms with E-state index in [1.807, 2.05) is 6.92 Å². The van der Waals surface area contributed by atoms with E-state index in [1.165, 1.54) is 24.3 Å². The molecule has 1 aromatic carbocycles. The maximum absolute atomic E-state index is 12.6. The maximum Gasteiger partial charge on any atom is 0.225 e. The first-order chi connectivity index (χ1) is 10.1. The summed E-state index contributed by atoms with van der Waals surface area (Å²) in [6, 6.07) is 5.39. The minimum Gasteiger partial charge on any atom is -0.336 e. The summed E-state index contributed by atoms with van der Waals surface area (Å²) < 4.78 is 23.0. The third-order valence-corrected chi connectivity index (χ3v) is 6.12. The quantitative estimate of drug-likeness (QED) is 0.722. The number of sulfone groups is 1. The van der Waals surface area contributed by atoms with Gasteiger partial charge in [-0.25, -0.2) is 8.42 Å². The van der Waals surface area contributed by atoms with E-state index in [2.05, 4.69) is 5.32 Å². The number of hydrogen-bond acceptors (Lipinski definition) is 3. The summed E-state index contributed by atoms with van der Waals surface area (Å²) in [5, 5.41) is 0.976. The summed E-state index contributed by atoms with van der Waals surface area (Å²) in [4.78, 5) is 11.7. The smallest absolute Gasteiger partial charge is 0.225 e. The second-order valence-corrected chi connectivity index (χ2v) is 9.43. The molecule has 0 aliphatic carbocycles. The molecule has 1 N–H and O–H groups in total. The summed E-state index contributed by atoms with van der Waals surface area (Å²) >= 11 is 23.0. The highest BCUT2D eigenvalue weighted by Gasteiger charge is 2.44. The van der Waals surface area contributed by atoms with Crippen LogP contribution in [0.4, 0.5) is 0 Å². The Hall–Kier alpha value is -0.200. The Morgan fingerprint density at radius 3 is 2.23 bits per heavy atom. The predicted molar refractivity (Wildman–Crippen MR) is 90.4 cm³/mol. The van der Waals surface area contributed by atoms with E-state index in [-0.39, 0.29) is 11.3 Å². The number of alkyl halides is 3. The van der Waals surface area contributed by atoms with Gasteiger partial charge < -0.3 is 5.32 Å². The molecule has 0 aliphatic rings. The summed E-state index contributed by atoms with van der Waals surface area (Å²) in [6.45, 7) is 1.91. The van der Waals surface area contributed by atoms with E-state index in [4.69, 9.17) is 46.4 Å². The van der Waals surface area contributed by atoms with Crippen LogP contribution in [0.1, 0.15) is 26.2 Å². The van der Waals surface area contributed by atoms with Gasteiger partial charge >= 0.3 is 0 Å². The lowest BCUT2D eigenvalue weighted by atomic mass is 10.2. The number of amides is 1.